The molecule has 0 aliphatic heterocycles. The summed E-state index contributed by atoms with van der Waals surface area (Å²) in [4.78, 5) is 0. The first-order chi connectivity index (χ1) is 9.36. The lowest BCUT2D eigenvalue weighted by Crippen LogP contribution is -2.25. The molecule has 2 unspecified atom stereocenters. The van der Waals surface area contributed by atoms with E-state index in [9.17, 15) is 0 Å². The van der Waals surface area contributed by atoms with Gasteiger partial charge >= 0.3 is 0 Å². The normalized spacial score (nSPS) is 23.3. The molecule has 0 spiro atoms. The maximum Gasteiger partial charge on any atom is 0.122 e. The molecule has 1 aromatic rings. The SMILES string of the molecule is COCCOc1ccccc1C1CCCCC1CN. The van der Waals surface area contributed by atoms with Crippen LogP contribution in [-0.4, -0.2) is 26.9 Å². The van der Waals surface area contributed by atoms with Crippen LogP contribution in [0.5, 0.6) is 5.75 Å². The zero-order chi connectivity index (χ0) is 13.5. The van der Waals surface area contributed by atoms with Crippen molar-refractivity contribution in [3.8, 4) is 5.75 Å². The van der Waals surface area contributed by atoms with E-state index in [1.807, 2.05) is 6.07 Å². The van der Waals surface area contributed by atoms with Crippen LogP contribution in [0.3, 0.4) is 0 Å². The summed E-state index contributed by atoms with van der Waals surface area (Å²) < 4.78 is 10.9. The molecule has 1 aliphatic rings. The van der Waals surface area contributed by atoms with E-state index in [4.69, 9.17) is 15.2 Å². The molecule has 0 bridgehead atoms. The lowest BCUT2D eigenvalue weighted by Gasteiger charge is -2.32. The third-order valence-corrected chi connectivity index (χ3v) is 4.08. The fourth-order valence-electron chi connectivity index (χ4n) is 3.05. The molecule has 0 aromatic heterocycles. The van der Waals surface area contributed by atoms with E-state index in [2.05, 4.69) is 18.2 Å². The van der Waals surface area contributed by atoms with E-state index < -0.39 is 0 Å². The van der Waals surface area contributed by atoms with Gasteiger partial charge < -0.3 is 15.2 Å². The van der Waals surface area contributed by atoms with E-state index in [1.54, 1.807) is 7.11 Å². The van der Waals surface area contributed by atoms with Gasteiger partial charge in [-0.1, -0.05) is 31.0 Å². The van der Waals surface area contributed by atoms with Crippen LogP contribution in [0, 0.1) is 5.92 Å². The fraction of sp³-hybridized carbons (Fsp3) is 0.625. The zero-order valence-electron chi connectivity index (χ0n) is 11.8. The lowest BCUT2D eigenvalue weighted by molar-refractivity contribution is 0.145. The summed E-state index contributed by atoms with van der Waals surface area (Å²) in [5.74, 6) is 2.16. The number of ether oxygens (including phenoxy) is 2. The Hall–Kier alpha value is -1.06. The minimum atomic E-state index is 0.553. The topological polar surface area (TPSA) is 44.5 Å². The Morgan fingerprint density at radius 2 is 1.95 bits per heavy atom. The van der Waals surface area contributed by atoms with Crippen LogP contribution in [0.25, 0.3) is 0 Å². The molecule has 2 rings (SSSR count). The van der Waals surface area contributed by atoms with Crippen molar-refractivity contribution in [2.75, 3.05) is 26.9 Å². The van der Waals surface area contributed by atoms with Crippen molar-refractivity contribution in [2.45, 2.75) is 31.6 Å². The van der Waals surface area contributed by atoms with Crippen molar-refractivity contribution in [1.29, 1.82) is 0 Å². The second-order valence-corrected chi connectivity index (χ2v) is 5.27. The molecular formula is C16H25NO2. The number of hydrogen-bond acceptors (Lipinski definition) is 3. The fourth-order valence-corrected chi connectivity index (χ4v) is 3.05. The average Bonchev–Trinajstić information content (AvgIpc) is 2.48. The highest BCUT2D eigenvalue weighted by atomic mass is 16.5. The Morgan fingerprint density at radius 1 is 1.16 bits per heavy atom. The summed E-state index contributed by atoms with van der Waals surface area (Å²) in [5.41, 5.74) is 7.27. The molecule has 1 aliphatic carbocycles. The molecule has 2 atom stereocenters. The molecule has 3 nitrogen and oxygen atoms in total. The van der Waals surface area contributed by atoms with Crippen molar-refractivity contribution in [2.24, 2.45) is 11.7 Å². The van der Waals surface area contributed by atoms with Crippen molar-refractivity contribution in [1.82, 2.24) is 0 Å². The van der Waals surface area contributed by atoms with Crippen LogP contribution in [0.1, 0.15) is 37.2 Å². The molecule has 0 radical (unpaired) electrons. The van der Waals surface area contributed by atoms with Crippen molar-refractivity contribution in [3.63, 3.8) is 0 Å². The zero-order valence-corrected chi connectivity index (χ0v) is 11.8. The molecule has 2 N–H and O–H groups in total. The van der Waals surface area contributed by atoms with Gasteiger partial charge in [-0.05, 0) is 42.9 Å². The Balaban J connectivity index is 2.12. The highest BCUT2D eigenvalue weighted by Crippen LogP contribution is 2.40. The van der Waals surface area contributed by atoms with Crippen LogP contribution in [-0.2, 0) is 4.74 Å². The Labute approximate surface area is 116 Å². The van der Waals surface area contributed by atoms with Gasteiger partial charge in [-0.3, -0.25) is 0 Å². The summed E-state index contributed by atoms with van der Waals surface area (Å²) >= 11 is 0. The standard InChI is InChI=1S/C16H25NO2/c1-18-10-11-19-16-9-5-4-8-15(16)14-7-3-2-6-13(14)12-17/h4-5,8-9,13-14H,2-3,6-7,10-12,17H2,1H3. The number of para-hydroxylation sites is 1. The van der Waals surface area contributed by atoms with Gasteiger partial charge in [0.05, 0.1) is 6.61 Å². The monoisotopic (exact) mass is 263 g/mol. The minimum Gasteiger partial charge on any atom is -0.491 e. The first-order valence-electron chi connectivity index (χ1n) is 7.27. The van der Waals surface area contributed by atoms with Gasteiger partial charge in [0.25, 0.3) is 0 Å². The first-order valence-corrected chi connectivity index (χ1v) is 7.27. The quantitative estimate of drug-likeness (QED) is 0.803. The summed E-state index contributed by atoms with van der Waals surface area (Å²) in [6.45, 7) is 2.00. The highest BCUT2D eigenvalue weighted by molar-refractivity contribution is 5.37. The van der Waals surface area contributed by atoms with E-state index in [0.717, 1.165) is 12.3 Å². The van der Waals surface area contributed by atoms with E-state index in [-0.39, 0.29) is 0 Å². The van der Waals surface area contributed by atoms with E-state index in [0.29, 0.717) is 25.0 Å². The Bertz CT molecular complexity index is 381. The number of methoxy groups -OCH3 is 1. The van der Waals surface area contributed by atoms with E-state index >= 15 is 0 Å². The Kier molecular flexibility index (Phi) is 5.67. The summed E-state index contributed by atoms with van der Waals surface area (Å²) in [6, 6.07) is 8.39. The molecular weight excluding hydrogens is 238 g/mol. The predicted octanol–water partition coefficient (Wildman–Crippen LogP) is 2.94. The third kappa shape index (κ3) is 3.71. The molecule has 0 amide bonds. The lowest BCUT2D eigenvalue weighted by atomic mass is 9.75. The van der Waals surface area contributed by atoms with Crippen LogP contribution in [0.15, 0.2) is 24.3 Å². The van der Waals surface area contributed by atoms with Crippen molar-refractivity contribution in [3.05, 3.63) is 29.8 Å². The maximum atomic E-state index is 5.94. The predicted molar refractivity (Wildman–Crippen MR) is 77.6 cm³/mol. The first kappa shape index (κ1) is 14.4. The van der Waals surface area contributed by atoms with Gasteiger partial charge in [0, 0.05) is 7.11 Å². The van der Waals surface area contributed by atoms with Gasteiger partial charge in [0.1, 0.15) is 12.4 Å². The number of hydrogen-bond donors (Lipinski definition) is 1. The molecule has 1 saturated carbocycles. The van der Waals surface area contributed by atoms with Crippen LogP contribution in [0.2, 0.25) is 0 Å². The van der Waals surface area contributed by atoms with Crippen molar-refractivity contribution < 1.29 is 9.47 Å². The molecule has 0 saturated heterocycles. The number of nitrogens with two attached hydrogens (primary N) is 1. The third-order valence-electron chi connectivity index (χ3n) is 4.08. The maximum absolute atomic E-state index is 5.94. The van der Waals surface area contributed by atoms with Gasteiger partial charge in [-0.2, -0.15) is 0 Å². The van der Waals surface area contributed by atoms with Crippen molar-refractivity contribution >= 4 is 0 Å². The van der Waals surface area contributed by atoms with Crippen LogP contribution < -0.4 is 10.5 Å². The van der Waals surface area contributed by atoms with Crippen LogP contribution in [0.4, 0.5) is 0 Å². The molecule has 19 heavy (non-hydrogen) atoms. The van der Waals surface area contributed by atoms with Gasteiger partial charge in [-0.25, -0.2) is 0 Å². The second-order valence-electron chi connectivity index (χ2n) is 5.27. The minimum absolute atomic E-state index is 0.553. The number of rotatable bonds is 6. The van der Waals surface area contributed by atoms with E-state index in [1.165, 1.54) is 31.2 Å². The molecule has 1 fully saturated rings. The smallest absolute Gasteiger partial charge is 0.122 e. The summed E-state index contributed by atoms with van der Waals surface area (Å²) in [6.07, 6.45) is 5.08. The summed E-state index contributed by atoms with van der Waals surface area (Å²) in [5, 5.41) is 0. The van der Waals surface area contributed by atoms with Crippen LogP contribution >= 0.6 is 0 Å². The average molecular weight is 263 g/mol. The molecule has 106 valence electrons. The largest absolute Gasteiger partial charge is 0.491 e. The number of benzene rings is 1. The van der Waals surface area contributed by atoms with Gasteiger partial charge in [0.2, 0.25) is 0 Å². The Morgan fingerprint density at radius 3 is 2.74 bits per heavy atom. The molecule has 3 heteroatoms. The van der Waals surface area contributed by atoms with Gasteiger partial charge in [-0.15, -0.1) is 0 Å². The second kappa shape index (κ2) is 7.51. The summed E-state index contributed by atoms with van der Waals surface area (Å²) in [7, 11) is 1.70. The van der Waals surface area contributed by atoms with Gasteiger partial charge in [0.15, 0.2) is 0 Å². The molecule has 0 heterocycles. The molecule has 1 aromatic carbocycles. The highest BCUT2D eigenvalue weighted by Gasteiger charge is 2.27.